The van der Waals surface area contributed by atoms with E-state index in [0.717, 1.165) is 17.0 Å². The molecule has 1 spiro atoms. The van der Waals surface area contributed by atoms with Gasteiger partial charge in [-0.05, 0) is 36.4 Å². The molecule has 0 unspecified atom stereocenters. The summed E-state index contributed by atoms with van der Waals surface area (Å²) in [5, 5.41) is 18.5. The molecule has 6 nitrogen and oxygen atoms in total. The van der Waals surface area contributed by atoms with Crippen LogP contribution in [0.25, 0.3) is 0 Å². The smallest absolute Gasteiger partial charge is 0.219 e. The van der Waals surface area contributed by atoms with Gasteiger partial charge < -0.3 is 14.7 Å². The van der Waals surface area contributed by atoms with Crippen molar-refractivity contribution in [1.82, 2.24) is 9.91 Å². The maximum atomic E-state index is 11.8. The Labute approximate surface area is 184 Å². The number of amides is 1. The van der Waals surface area contributed by atoms with Gasteiger partial charge in [0.1, 0.15) is 11.5 Å². The molecular formula is C22H21Cl2N3O3. The van der Waals surface area contributed by atoms with E-state index in [9.17, 15) is 9.90 Å². The van der Waals surface area contributed by atoms with Crippen molar-refractivity contribution in [3.8, 4) is 11.5 Å². The number of piperidine rings is 1. The fraction of sp³-hybridized carbons (Fsp3) is 0.364. The molecule has 3 heterocycles. The van der Waals surface area contributed by atoms with E-state index in [0.29, 0.717) is 48.0 Å². The molecule has 1 N–H and O–H groups in total. The summed E-state index contributed by atoms with van der Waals surface area (Å²) in [5.41, 5.74) is 1.71. The van der Waals surface area contributed by atoms with Gasteiger partial charge in [0.05, 0.1) is 11.8 Å². The first-order valence-corrected chi connectivity index (χ1v) is 10.7. The van der Waals surface area contributed by atoms with E-state index in [-0.39, 0.29) is 17.7 Å². The summed E-state index contributed by atoms with van der Waals surface area (Å²) in [6, 6.07) is 10.6. The first-order valence-electron chi connectivity index (χ1n) is 9.96. The van der Waals surface area contributed by atoms with Crippen LogP contribution in [0.1, 0.15) is 43.4 Å². The van der Waals surface area contributed by atoms with Gasteiger partial charge in [0, 0.05) is 60.4 Å². The number of fused-ring (bicyclic) bond motifs is 4. The van der Waals surface area contributed by atoms with E-state index in [2.05, 4.69) is 0 Å². The zero-order valence-electron chi connectivity index (χ0n) is 16.4. The second kappa shape index (κ2) is 7.06. The van der Waals surface area contributed by atoms with Crippen LogP contribution in [0, 0.1) is 0 Å². The number of aromatic hydroxyl groups is 1. The van der Waals surface area contributed by atoms with Crippen LogP contribution < -0.4 is 4.74 Å². The summed E-state index contributed by atoms with van der Waals surface area (Å²) in [4.78, 5) is 13.7. The third kappa shape index (κ3) is 3.10. The quantitative estimate of drug-likeness (QED) is 0.697. The topological polar surface area (TPSA) is 65.4 Å². The molecule has 0 aromatic heterocycles. The highest BCUT2D eigenvalue weighted by molar-refractivity contribution is 6.31. The summed E-state index contributed by atoms with van der Waals surface area (Å²) < 4.78 is 6.53. The van der Waals surface area contributed by atoms with E-state index in [1.165, 1.54) is 0 Å². The van der Waals surface area contributed by atoms with Gasteiger partial charge in [0.2, 0.25) is 11.6 Å². The van der Waals surface area contributed by atoms with Crippen molar-refractivity contribution >= 4 is 34.8 Å². The number of likely N-dealkylation sites (tertiary alicyclic amines) is 1. The third-order valence-electron chi connectivity index (χ3n) is 6.22. The Balaban J connectivity index is 1.58. The Kier molecular flexibility index (Phi) is 4.60. The monoisotopic (exact) mass is 445 g/mol. The van der Waals surface area contributed by atoms with Crippen molar-refractivity contribution in [1.29, 1.82) is 0 Å². The summed E-state index contributed by atoms with van der Waals surface area (Å²) in [6.07, 6.45) is 1.88. The number of phenols is 1. The number of phenolic OH excluding ortho intramolecular Hbond substituents is 1. The van der Waals surface area contributed by atoms with Crippen LogP contribution in [-0.4, -0.2) is 45.4 Å². The lowest BCUT2D eigenvalue weighted by molar-refractivity contribution is -0.158. The number of nitrogens with zero attached hydrogens (tertiary/aromatic N) is 3. The SMILES string of the molecule is CC(=O)N1CCC2(CC1)Oc1ccc(Cl)cc1[C@H]1CC(c3cc(Cl)ccc3O)=NN12. The average molecular weight is 446 g/mol. The fourth-order valence-electron chi connectivity index (χ4n) is 4.66. The predicted molar refractivity (Wildman–Crippen MR) is 115 cm³/mol. The molecule has 2 aromatic rings. The number of rotatable bonds is 1. The largest absolute Gasteiger partial charge is 0.507 e. The van der Waals surface area contributed by atoms with Crippen molar-refractivity contribution < 1.29 is 14.6 Å². The van der Waals surface area contributed by atoms with Gasteiger partial charge in [-0.15, -0.1) is 0 Å². The van der Waals surface area contributed by atoms with E-state index < -0.39 is 5.72 Å². The maximum Gasteiger partial charge on any atom is 0.219 e. The molecule has 156 valence electrons. The summed E-state index contributed by atoms with van der Waals surface area (Å²) in [6.45, 7) is 2.80. The van der Waals surface area contributed by atoms with E-state index in [1.54, 1.807) is 25.1 Å². The molecule has 30 heavy (non-hydrogen) atoms. The molecule has 2 aromatic carbocycles. The molecular weight excluding hydrogens is 425 g/mol. The number of benzene rings is 2. The minimum absolute atomic E-state index is 0.0651. The number of hydrogen-bond acceptors (Lipinski definition) is 5. The highest BCUT2D eigenvalue weighted by Crippen LogP contribution is 2.51. The molecule has 5 rings (SSSR count). The lowest BCUT2D eigenvalue weighted by Crippen LogP contribution is -2.59. The molecule has 1 saturated heterocycles. The van der Waals surface area contributed by atoms with Gasteiger partial charge in [-0.25, -0.2) is 5.01 Å². The molecule has 1 fully saturated rings. The van der Waals surface area contributed by atoms with Crippen LogP contribution in [0.5, 0.6) is 11.5 Å². The minimum atomic E-state index is -0.645. The van der Waals surface area contributed by atoms with Crippen molar-refractivity contribution in [2.45, 2.75) is 38.0 Å². The lowest BCUT2D eigenvalue weighted by atomic mass is 9.90. The summed E-state index contributed by atoms with van der Waals surface area (Å²) in [5.74, 6) is 1.01. The molecule has 0 saturated carbocycles. The molecule has 8 heteroatoms. The second-order valence-electron chi connectivity index (χ2n) is 8.01. The third-order valence-corrected chi connectivity index (χ3v) is 6.69. The van der Waals surface area contributed by atoms with Crippen LogP contribution in [0.4, 0.5) is 0 Å². The minimum Gasteiger partial charge on any atom is -0.507 e. The highest BCUT2D eigenvalue weighted by atomic mass is 35.5. The second-order valence-corrected chi connectivity index (χ2v) is 8.88. The molecule has 1 amide bonds. The normalized spacial score (nSPS) is 21.7. The Morgan fingerprint density at radius 1 is 1.17 bits per heavy atom. The van der Waals surface area contributed by atoms with Crippen LogP contribution >= 0.6 is 23.2 Å². The van der Waals surface area contributed by atoms with Crippen molar-refractivity contribution in [3.63, 3.8) is 0 Å². The van der Waals surface area contributed by atoms with Crippen molar-refractivity contribution in [2.75, 3.05) is 13.1 Å². The van der Waals surface area contributed by atoms with Gasteiger partial charge in [-0.1, -0.05) is 23.2 Å². The predicted octanol–water partition coefficient (Wildman–Crippen LogP) is 4.58. The molecule has 0 radical (unpaired) electrons. The zero-order valence-corrected chi connectivity index (χ0v) is 18.0. The van der Waals surface area contributed by atoms with E-state index in [4.69, 9.17) is 33.0 Å². The highest BCUT2D eigenvalue weighted by Gasteiger charge is 2.52. The summed E-state index contributed by atoms with van der Waals surface area (Å²) in [7, 11) is 0. The van der Waals surface area contributed by atoms with E-state index in [1.807, 2.05) is 28.1 Å². The van der Waals surface area contributed by atoms with Gasteiger partial charge >= 0.3 is 0 Å². The van der Waals surface area contributed by atoms with Gasteiger partial charge in [-0.3, -0.25) is 4.79 Å². The first-order chi connectivity index (χ1) is 14.4. The lowest BCUT2D eigenvalue weighted by Gasteiger charge is -2.51. The molecule has 0 bridgehead atoms. The first kappa shape index (κ1) is 19.5. The molecule has 3 aliphatic rings. The van der Waals surface area contributed by atoms with Gasteiger partial charge in [-0.2, -0.15) is 5.10 Å². The Morgan fingerprint density at radius 3 is 2.60 bits per heavy atom. The number of carbonyl (C=O) groups excluding carboxylic acids is 1. The summed E-state index contributed by atoms with van der Waals surface area (Å²) >= 11 is 12.5. The molecule has 1 atom stereocenters. The zero-order chi connectivity index (χ0) is 21.0. The molecule has 3 aliphatic heterocycles. The number of ether oxygens (including phenoxy) is 1. The molecule has 0 aliphatic carbocycles. The van der Waals surface area contributed by atoms with E-state index >= 15 is 0 Å². The van der Waals surface area contributed by atoms with Crippen molar-refractivity contribution in [2.24, 2.45) is 5.10 Å². The van der Waals surface area contributed by atoms with Crippen LogP contribution in [0.2, 0.25) is 10.0 Å². The standard InChI is InChI=1S/C22H21Cl2N3O3/c1-13(28)26-8-6-22(7-9-26)27-19(17-11-15(24)3-5-21(17)30-22)12-18(25-27)16-10-14(23)2-4-20(16)29/h2-5,10-11,19,29H,6-9,12H2,1H3/t19-/m1/s1. The fourth-order valence-corrected chi connectivity index (χ4v) is 5.01. The Morgan fingerprint density at radius 2 is 1.87 bits per heavy atom. The van der Waals surface area contributed by atoms with Gasteiger partial charge in [0.15, 0.2) is 0 Å². The van der Waals surface area contributed by atoms with Crippen LogP contribution in [-0.2, 0) is 4.79 Å². The average Bonchev–Trinajstić information content (AvgIpc) is 3.17. The van der Waals surface area contributed by atoms with Crippen LogP contribution in [0.3, 0.4) is 0 Å². The number of carbonyl (C=O) groups is 1. The number of hydrogen-bond donors (Lipinski definition) is 1. The Hall–Kier alpha value is -2.44. The number of hydrazone groups is 1. The van der Waals surface area contributed by atoms with Crippen molar-refractivity contribution in [3.05, 3.63) is 57.6 Å². The van der Waals surface area contributed by atoms with Crippen LogP contribution in [0.15, 0.2) is 41.5 Å². The van der Waals surface area contributed by atoms with Gasteiger partial charge in [0.25, 0.3) is 0 Å². The number of halogens is 2. The maximum absolute atomic E-state index is 11.8. The Bertz CT molecular complexity index is 1060.